The summed E-state index contributed by atoms with van der Waals surface area (Å²) in [6.07, 6.45) is 8.14. The highest BCUT2D eigenvalue weighted by Crippen LogP contribution is 2.65. The number of allylic oxidation sites excluding steroid dienone is 8. The fraction of sp³-hybridized carbons (Fsp3) is 0.619. The number of hydrogen-bond acceptors (Lipinski definition) is 6. The summed E-state index contributed by atoms with van der Waals surface area (Å²) < 4.78 is 23.9. The van der Waals surface area contributed by atoms with Crippen LogP contribution in [0.15, 0.2) is 46.6 Å². The molecule has 0 fully saturated rings. The summed E-state index contributed by atoms with van der Waals surface area (Å²) >= 11 is 0. The van der Waals surface area contributed by atoms with Gasteiger partial charge >= 0.3 is 0 Å². The molecule has 0 radical (unpaired) electrons. The van der Waals surface area contributed by atoms with Gasteiger partial charge < -0.3 is 28.7 Å². The fourth-order valence-corrected chi connectivity index (χ4v) is 5.20. The van der Waals surface area contributed by atoms with Crippen LogP contribution in [0.3, 0.4) is 0 Å². The molecule has 0 aromatic carbocycles. The van der Waals surface area contributed by atoms with Gasteiger partial charge in [-0.05, 0) is 80.1 Å². The van der Waals surface area contributed by atoms with Crippen LogP contribution in [-0.4, -0.2) is 4.90 Å². The molecular weight excluding hydrogens is 410 g/mol. The van der Waals surface area contributed by atoms with Gasteiger partial charge in [0.05, 0.1) is 0 Å². The van der Waals surface area contributed by atoms with Crippen LogP contribution in [0.4, 0.5) is 0 Å². The number of rotatable bonds is 12. The van der Waals surface area contributed by atoms with Gasteiger partial charge in [-0.1, -0.05) is 61.8 Å². The third-order valence-electron chi connectivity index (χ3n) is 4.76. The lowest BCUT2D eigenvalue weighted by atomic mass is 10.1. The largest absolute Gasteiger partial charge is 0.810 e. The van der Waals surface area contributed by atoms with E-state index < -0.39 is 32.9 Å². The lowest BCUT2D eigenvalue weighted by molar-refractivity contribution is -0.336. The Bertz CT molecular complexity index is 677. The third kappa shape index (κ3) is 10.2. The molecule has 0 rings (SSSR count). The minimum atomic E-state index is -5.73. The lowest BCUT2D eigenvalue weighted by Gasteiger charge is -2.59. The molecule has 8 heteroatoms. The van der Waals surface area contributed by atoms with Gasteiger partial charge in [0.1, 0.15) is 0 Å². The fourth-order valence-electron chi connectivity index (χ4n) is 2.74. The normalized spacial score (nSPS) is 14.0. The van der Waals surface area contributed by atoms with E-state index in [0.29, 0.717) is 25.7 Å². The van der Waals surface area contributed by atoms with Gasteiger partial charge in [0.25, 0.3) is 0 Å². The average Bonchev–Trinajstić information content (AvgIpc) is 2.51. The SMILES string of the molecule is CC(C)=CCCC(C)=CCC(CC=C(C)CCC=C(C)C)(P(=O)([O-])[O-])P(=O)([O-])[O-]. The predicted octanol–water partition coefficient (Wildman–Crippen LogP) is 3.68. The van der Waals surface area contributed by atoms with Crippen molar-refractivity contribution in [1.82, 2.24) is 0 Å². The van der Waals surface area contributed by atoms with E-state index >= 15 is 0 Å². The highest BCUT2D eigenvalue weighted by molar-refractivity contribution is 7.69. The van der Waals surface area contributed by atoms with Crippen LogP contribution in [0.2, 0.25) is 0 Å². The van der Waals surface area contributed by atoms with Crippen LogP contribution in [0.5, 0.6) is 0 Å². The van der Waals surface area contributed by atoms with Gasteiger partial charge in [-0.2, -0.15) is 0 Å². The summed E-state index contributed by atoms with van der Waals surface area (Å²) in [6, 6.07) is 0. The zero-order chi connectivity index (χ0) is 22.9. The van der Waals surface area contributed by atoms with Crippen LogP contribution in [-0.2, 0) is 9.13 Å². The van der Waals surface area contributed by atoms with E-state index in [1.807, 2.05) is 39.8 Å². The van der Waals surface area contributed by atoms with Crippen molar-refractivity contribution in [3.63, 3.8) is 0 Å². The molecule has 0 bridgehead atoms. The third-order valence-corrected chi connectivity index (χ3v) is 9.00. The highest BCUT2D eigenvalue weighted by atomic mass is 31.2. The zero-order valence-corrected chi connectivity index (χ0v) is 20.2. The summed E-state index contributed by atoms with van der Waals surface area (Å²) in [7, 11) is -11.5. The van der Waals surface area contributed by atoms with Crippen molar-refractivity contribution in [3.8, 4) is 0 Å². The Kier molecular flexibility index (Phi) is 11.9. The van der Waals surface area contributed by atoms with E-state index in [0.717, 1.165) is 22.3 Å². The van der Waals surface area contributed by atoms with E-state index in [-0.39, 0.29) is 0 Å². The molecule has 0 saturated heterocycles. The van der Waals surface area contributed by atoms with Crippen LogP contribution >= 0.6 is 15.2 Å². The Hall–Kier alpha value is -0.740. The summed E-state index contributed by atoms with van der Waals surface area (Å²) in [5, 5.41) is 0. The quantitative estimate of drug-likeness (QED) is 0.334. The molecule has 0 aromatic rings. The standard InChI is InChI=1S/C21H38O6P2/c1-17(2)9-7-11-19(5)13-15-21(28(22,23)24,29(25,26)27)16-14-20(6)12-8-10-18(3)4/h9-10,13-14H,7-8,11-12,15-16H2,1-6H3,(H2,22,23,24)(H2,25,26,27)/p-4. The first kappa shape index (κ1) is 28.3. The molecule has 0 aromatic heterocycles. The average molecular weight is 444 g/mol. The van der Waals surface area contributed by atoms with Gasteiger partial charge in [0.15, 0.2) is 0 Å². The molecule has 0 N–H and O–H groups in total. The maximum absolute atomic E-state index is 12.0. The van der Waals surface area contributed by atoms with Gasteiger partial charge in [0, 0.05) is 4.90 Å². The Balaban J connectivity index is 5.69. The molecule has 0 saturated carbocycles. The summed E-state index contributed by atoms with van der Waals surface area (Å²) in [4.78, 5) is 44.9. The molecular formula is C21H34O6P2-4. The molecule has 0 atom stereocenters. The van der Waals surface area contributed by atoms with E-state index in [4.69, 9.17) is 0 Å². The monoisotopic (exact) mass is 444 g/mol. The number of hydrogen-bond donors (Lipinski definition) is 0. The van der Waals surface area contributed by atoms with Gasteiger partial charge in [-0.25, -0.2) is 0 Å². The van der Waals surface area contributed by atoms with Crippen LogP contribution in [0.25, 0.3) is 0 Å². The van der Waals surface area contributed by atoms with Crippen molar-refractivity contribution < 1.29 is 28.7 Å². The Morgan fingerprint density at radius 1 is 0.655 bits per heavy atom. The molecule has 0 amide bonds. The lowest BCUT2D eigenvalue weighted by Crippen LogP contribution is -2.45. The van der Waals surface area contributed by atoms with Crippen molar-refractivity contribution in [2.45, 2.75) is 85.0 Å². The molecule has 0 spiro atoms. The van der Waals surface area contributed by atoms with Crippen LogP contribution in [0.1, 0.15) is 80.1 Å². The molecule has 0 unspecified atom stereocenters. The minimum Gasteiger partial charge on any atom is -0.810 e. The minimum absolute atomic E-state index is 0.586. The molecule has 6 nitrogen and oxygen atoms in total. The van der Waals surface area contributed by atoms with Crippen molar-refractivity contribution >= 4 is 15.2 Å². The summed E-state index contributed by atoms with van der Waals surface area (Å²) in [5.74, 6) is 0. The van der Waals surface area contributed by atoms with Gasteiger partial charge in [-0.15, -0.1) is 0 Å². The second-order valence-corrected chi connectivity index (χ2v) is 12.2. The molecule has 0 aliphatic heterocycles. The topological polar surface area (TPSA) is 126 Å². The van der Waals surface area contributed by atoms with Crippen molar-refractivity contribution in [2.75, 3.05) is 0 Å². The summed E-state index contributed by atoms with van der Waals surface area (Å²) in [5.41, 5.74) is 3.73. The Morgan fingerprint density at radius 3 is 1.21 bits per heavy atom. The highest BCUT2D eigenvalue weighted by Gasteiger charge is 2.36. The first-order chi connectivity index (χ1) is 13.1. The smallest absolute Gasteiger partial charge is 0.0325 e. The van der Waals surface area contributed by atoms with E-state index in [9.17, 15) is 28.7 Å². The zero-order valence-electron chi connectivity index (χ0n) is 18.4. The molecule has 0 heterocycles. The van der Waals surface area contributed by atoms with Crippen LogP contribution in [0, 0.1) is 0 Å². The van der Waals surface area contributed by atoms with E-state index in [1.165, 1.54) is 12.2 Å². The molecule has 29 heavy (non-hydrogen) atoms. The van der Waals surface area contributed by atoms with Crippen molar-refractivity contribution in [3.05, 3.63) is 46.6 Å². The van der Waals surface area contributed by atoms with Crippen LogP contribution < -0.4 is 19.6 Å². The first-order valence-corrected chi connectivity index (χ1v) is 12.8. The maximum Gasteiger partial charge on any atom is 0.0325 e. The van der Waals surface area contributed by atoms with E-state index in [1.54, 1.807) is 13.8 Å². The Morgan fingerprint density at radius 2 is 0.966 bits per heavy atom. The maximum atomic E-state index is 12.0. The molecule has 168 valence electrons. The Labute approximate surface area is 175 Å². The van der Waals surface area contributed by atoms with Gasteiger partial charge in [0.2, 0.25) is 0 Å². The van der Waals surface area contributed by atoms with Crippen molar-refractivity contribution in [2.24, 2.45) is 0 Å². The second-order valence-electron chi connectivity index (χ2n) is 8.13. The van der Waals surface area contributed by atoms with Gasteiger partial charge in [-0.3, -0.25) is 0 Å². The second kappa shape index (κ2) is 12.2. The molecule has 0 aliphatic carbocycles. The molecule has 0 aliphatic rings. The predicted molar refractivity (Wildman–Crippen MR) is 112 cm³/mol. The first-order valence-electron chi connectivity index (χ1n) is 9.74. The summed E-state index contributed by atoms with van der Waals surface area (Å²) in [6.45, 7) is 11.3. The van der Waals surface area contributed by atoms with Crippen molar-refractivity contribution in [1.29, 1.82) is 0 Å². The van der Waals surface area contributed by atoms with E-state index in [2.05, 4.69) is 0 Å².